The van der Waals surface area contributed by atoms with Gasteiger partial charge in [-0.2, -0.15) is 5.26 Å². The van der Waals surface area contributed by atoms with Gasteiger partial charge in [-0.15, -0.1) is 0 Å². The molecule has 121 valence electrons. The molecule has 25 heavy (non-hydrogen) atoms. The van der Waals surface area contributed by atoms with Crippen LogP contribution in [0.4, 0.5) is 16.0 Å². The Bertz CT molecular complexity index is 952. The van der Waals surface area contributed by atoms with Gasteiger partial charge in [-0.05, 0) is 30.3 Å². The van der Waals surface area contributed by atoms with Crippen LogP contribution in [0.1, 0.15) is 22.7 Å². The van der Waals surface area contributed by atoms with Crippen molar-refractivity contribution in [2.75, 3.05) is 5.32 Å². The molecule has 5 nitrogen and oxygen atoms in total. The van der Waals surface area contributed by atoms with Crippen LogP contribution in [0.5, 0.6) is 0 Å². The topological polar surface area (TPSA) is 78.7 Å². The Morgan fingerprint density at radius 3 is 2.72 bits per heavy atom. The van der Waals surface area contributed by atoms with Gasteiger partial charge in [0.25, 0.3) is 0 Å². The lowest BCUT2D eigenvalue weighted by molar-refractivity contribution is 0.542. The number of rotatable bonds is 5. The number of halogens is 1. The summed E-state index contributed by atoms with van der Waals surface area (Å²) < 4.78 is 14.0. The fourth-order valence-electron chi connectivity index (χ4n) is 2.38. The van der Waals surface area contributed by atoms with Crippen molar-refractivity contribution in [2.45, 2.75) is 5.92 Å². The minimum atomic E-state index is -0.949. The van der Waals surface area contributed by atoms with Crippen LogP contribution in [-0.2, 0) is 4.79 Å². The van der Waals surface area contributed by atoms with Crippen LogP contribution in [0, 0.1) is 17.1 Å². The van der Waals surface area contributed by atoms with Crippen LogP contribution in [0.2, 0.25) is 0 Å². The standard InChI is InChI=1S/C19H12FN4O/c20-17-7-2-1-6-15(17)16(12-25)18-8-9-22-19(24-18)23-14-5-3-4-13(10-14)11-21/h1-10,16H,(H,22,23,24). The normalized spacial score (nSPS) is 11.4. The molecule has 0 spiro atoms. The number of nitrogens with one attached hydrogen (secondary N) is 1. The van der Waals surface area contributed by atoms with Gasteiger partial charge < -0.3 is 5.32 Å². The molecule has 1 radical (unpaired) electrons. The smallest absolute Gasteiger partial charge is 0.227 e. The van der Waals surface area contributed by atoms with E-state index in [0.717, 1.165) is 0 Å². The third-order valence-corrected chi connectivity index (χ3v) is 3.55. The van der Waals surface area contributed by atoms with Crippen LogP contribution in [0.15, 0.2) is 60.8 Å². The largest absolute Gasteiger partial charge is 0.324 e. The Morgan fingerprint density at radius 1 is 1.12 bits per heavy atom. The highest BCUT2D eigenvalue weighted by molar-refractivity contribution is 5.68. The van der Waals surface area contributed by atoms with Crippen molar-refractivity contribution in [3.8, 4) is 6.07 Å². The highest BCUT2D eigenvalue weighted by atomic mass is 19.1. The maximum Gasteiger partial charge on any atom is 0.227 e. The van der Waals surface area contributed by atoms with Gasteiger partial charge in [0.15, 0.2) is 0 Å². The first-order chi connectivity index (χ1) is 12.2. The second-order valence-electron chi connectivity index (χ2n) is 5.20. The second kappa shape index (κ2) is 7.32. The predicted octanol–water partition coefficient (Wildman–Crippen LogP) is 3.47. The van der Waals surface area contributed by atoms with Crippen LogP contribution < -0.4 is 5.32 Å². The predicted molar refractivity (Wildman–Crippen MR) is 90.4 cm³/mol. The summed E-state index contributed by atoms with van der Waals surface area (Å²) in [7, 11) is 0. The zero-order valence-electron chi connectivity index (χ0n) is 13.0. The number of benzene rings is 2. The molecule has 0 fully saturated rings. The number of carbonyl (C=O) groups excluding carboxylic acids is 1. The van der Waals surface area contributed by atoms with Gasteiger partial charge in [-0.25, -0.2) is 14.4 Å². The zero-order chi connectivity index (χ0) is 17.6. The van der Waals surface area contributed by atoms with Gasteiger partial charge in [0.05, 0.1) is 23.2 Å². The van der Waals surface area contributed by atoms with Gasteiger partial charge in [0, 0.05) is 17.4 Å². The maximum absolute atomic E-state index is 14.0. The van der Waals surface area contributed by atoms with Crippen LogP contribution >= 0.6 is 0 Å². The molecular formula is C19H12FN4O. The number of nitrogens with zero attached hydrogens (tertiary/aromatic N) is 3. The maximum atomic E-state index is 14.0. The van der Waals surface area contributed by atoms with Crippen molar-refractivity contribution < 1.29 is 9.18 Å². The second-order valence-corrected chi connectivity index (χ2v) is 5.20. The van der Waals surface area contributed by atoms with E-state index in [1.54, 1.807) is 42.5 Å². The van der Waals surface area contributed by atoms with Crippen molar-refractivity contribution in [2.24, 2.45) is 0 Å². The van der Waals surface area contributed by atoms with E-state index in [1.807, 2.05) is 12.4 Å². The van der Waals surface area contributed by atoms with Gasteiger partial charge in [-0.3, -0.25) is 4.79 Å². The lowest BCUT2D eigenvalue weighted by Crippen LogP contribution is -2.09. The number of aromatic nitrogens is 2. The molecule has 6 heteroatoms. The number of hydrogen-bond donors (Lipinski definition) is 1. The Balaban J connectivity index is 1.91. The van der Waals surface area contributed by atoms with E-state index in [4.69, 9.17) is 5.26 Å². The molecule has 2 aromatic carbocycles. The van der Waals surface area contributed by atoms with E-state index in [2.05, 4.69) is 15.3 Å². The Kier molecular flexibility index (Phi) is 4.77. The van der Waals surface area contributed by atoms with Crippen molar-refractivity contribution in [1.82, 2.24) is 9.97 Å². The van der Waals surface area contributed by atoms with E-state index < -0.39 is 11.7 Å². The van der Waals surface area contributed by atoms with E-state index in [9.17, 15) is 9.18 Å². The highest BCUT2D eigenvalue weighted by Gasteiger charge is 2.20. The van der Waals surface area contributed by atoms with Gasteiger partial charge in [-0.1, -0.05) is 24.3 Å². The summed E-state index contributed by atoms with van der Waals surface area (Å²) in [6.45, 7) is 0. The number of nitriles is 1. The zero-order valence-corrected chi connectivity index (χ0v) is 13.0. The average molecular weight is 331 g/mol. The fraction of sp³-hybridized carbons (Fsp3) is 0.0526. The molecule has 3 aromatic rings. The van der Waals surface area contributed by atoms with E-state index >= 15 is 0 Å². The molecule has 0 bridgehead atoms. The third kappa shape index (κ3) is 3.67. The van der Waals surface area contributed by atoms with E-state index in [-0.39, 0.29) is 11.5 Å². The van der Waals surface area contributed by atoms with E-state index in [0.29, 0.717) is 16.9 Å². The summed E-state index contributed by atoms with van der Waals surface area (Å²) >= 11 is 0. The summed E-state index contributed by atoms with van der Waals surface area (Å²) in [6, 6.07) is 16.4. The molecule has 0 amide bonds. The van der Waals surface area contributed by atoms with Crippen LogP contribution in [-0.4, -0.2) is 16.3 Å². The quantitative estimate of drug-likeness (QED) is 0.774. The Morgan fingerprint density at radius 2 is 1.96 bits per heavy atom. The summed E-state index contributed by atoms with van der Waals surface area (Å²) in [5.74, 6) is -1.20. The molecule has 0 aliphatic carbocycles. The minimum absolute atomic E-state index is 0.202. The van der Waals surface area contributed by atoms with Crippen molar-refractivity contribution >= 4 is 17.9 Å². The SMILES string of the molecule is N#Cc1cccc(Nc2nccc(C([C]=O)c3ccccc3F)n2)c1. The fourth-order valence-corrected chi connectivity index (χ4v) is 2.38. The molecule has 0 saturated heterocycles. The molecular weight excluding hydrogens is 319 g/mol. The highest BCUT2D eigenvalue weighted by Crippen LogP contribution is 2.24. The molecule has 1 atom stereocenters. The average Bonchev–Trinajstić information content (AvgIpc) is 2.64. The van der Waals surface area contributed by atoms with Crippen molar-refractivity contribution in [3.05, 3.63) is 83.4 Å². The summed E-state index contributed by atoms with van der Waals surface area (Å²) in [5, 5.41) is 11.9. The summed E-state index contributed by atoms with van der Waals surface area (Å²) in [6.07, 6.45) is 3.31. The molecule has 1 aromatic heterocycles. The van der Waals surface area contributed by atoms with E-state index in [1.165, 1.54) is 18.3 Å². The summed E-state index contributed by atoms with van der Waals surface area (Å²) in [5.41, 5.74) is 1.66. The molecule has 1 heterocycles. The van der Waals surface area contributed by atoms with Crippen LogP contribution in [0.25, 0.3) is 0 Å². The summed E-state index contributed by atoms with van der Waals surface area (Å²) in [4.78, 5) is 19.8. The third-order valence-electron chi connectivity index (χ3n) is 3.55. The Hall–Kier alpha value is -3.59. The van der Waals surface area contributed by atoms with Crippen LogP contribution in [0.3, 0.4) is 0 Å². The molecule has 1 unspecified atom stereocenters. The first kappa shape index (κ1) is 16.3. The van der Waals surface area contributed by atoms with Gasteiger partial charge >= 0.3 is 0 Å². The van der Waals surface area contributed by atoms with Crippen molar-refractivity contribution in [1.29, 1.82) is 5.26 Å². The number of anilines is 2. The monoisotopic (exact) mass is 331 g/mol. The lowest BCUT2D eigenvalue weighted by Gasteiger charge is -2.12. The molecule has 1 N–H and O–H groups in total. The first-order valence-electron chi connectivity index (χ1n) is 7.43. The first-order valence-corrected chi connectivity index (χ1v) is 7.43. The molecule has 0 aliphatic rings. The molecule has 0 saturated carbocycles. The molecule has 0 aliphatic heterocycles. The Labute approximate surface area is 143 Å². The molecule has 3 rings (SSSR count). The van der Waals surface area contributed by atoms with Gasteiger partial charge in [0.1, 0.15) is 5.82 Å². The van der Waals surface area contributed by atoms with Crippen molar-refractivity contribution in [3.63, 3.8) is 0 Å². The number of hydrogen-bond acceptors (Lipinski definition) is 5. The minimum Gasteiger partial charge on any atom is -0.324 e. The van der Waals surface area contributed by atoms with Gasteiger partial charge in [0.2, 0.25) is 12.2 Å². The lowest BCUT2D eigenvalue weighted by atomic mass is 9.96.